The summed E-state index contributed by atoms with van der Waals surface area (Å²) >= 11 is 1.44. The number of nitrogens with one attached hydrogen (secondary N) is 1. The molecule has 0 fully saturated rings. The van der Waals surface area contributed by atoms with Crippen LogP contribution in [0.2, 0.25) is 0 Å². The van der Waals surface area contributed by atoms with Crippen molar-refractivity contribution in [2.45, 2.75) is 6.54 Å². The molecule has 2 heterocycles. The third-order valence-electron chi connectivity index (χ3n) is 4.01. The second-order valence-corrected chi connectivity index (χ2v) is 6.70. The minimum absolute atomic E-state index is 0.284. The Morgan fingerprint density at radius 1 is 1.00 bits per heavy atom. The summed E-state index contributed by atoms with van der Waals surface area (Å²) in [5, 5.41) is 6.43. The first kappa shape index (κ1) is 17.2. The molecule has 0 radical (unpaired) electrons. The molecular weight excluding hydrogens is 359 g/mol. The van der Waals surface area contributed by atoms with E-state index in [4.69, 9.17) is 0 Å². The number of H-pyrrole nitrogens is 1. The number of aromatic nitrogens is 2. The first-order valence-electron chi connectivity index (χ1n) is 8.49. The van der Waals surface area contributed by atoms with Crippen LogP contribution in [0.1, 0.15) is 11.3 Å². The summed E-state index contributed by atoms with van der Waals surface area (Å²) in [5.74, 6) is -0.284. The van der Waals surface area contributed by atoms with Crippen molar-refractivity contribution in [2.24, 2.45) is 10.1 Å². The molecule has 0 saturated heterocycles. The number of rotatable bonds is 5. The van der Waals surface area contributed by atoms with Crippen LogP contribution in [0.4, 0.5) is 4.39 Å². The monoisotopic (exact) mass is 376 g/mol. The van der Waals surface area contributed by atoms with Crippen molar-refractivity contribution in [3.63, 3.8) is 0 Å². The van der Waals surface area contributed by atoms with E-state index in [0.717, 1.165) is 11.3 Å². The molecule has 1 N–H and O–H groups in total. The van der Waals surface area contributed by atoms with Crippen LogP contribution in [0.15, 0.2) is 88.4 Å². The number of hydrogen-bond acceptors (Lipinski definition) is 3. The normalized spacial score (nSPS) is 12.1. The van der Waals surface area contributed by atoms with E-state index in [-0.39, 0.29) is 5.82 Å². The Hall–Kier alpha value is -3.25. The fourth-order valence-corrected chi connectivity index (χ4v) is 3.49. The fourth-order valence-electron chi connectivity index (χ4n) is 2.66. The molecule has 4 aromatic rings. The SMILES string of the molecule is Fc1ccccc1-c1csc(=NCc2ccccc2)n1N=Cc1ccc[nH]1. The number of aromatic amines is 1. The van der Waals surface area contributed by atoms with Gasteiger partial charge in [0.15, 0.2) is 0 Å². The molecule has 2 aromatic heterocycles. The molecule has 27 heavy (non-hydrogen) atoms. The molecule has 4 nitrogen and oxygen atoms in total. The molecule has 0 saturated carbocycles. The van der Waals surface area contributed by atoms with Gasteiger partial charge in [0.25, 0.3) is 0 Å². The first-order chi connectivity index (χ1) is 13.3. The van der Waals surface area contributed by atoms with Crippen molar-refractivity contribution in [2.75, 3.05) is 0 Å². The van der Waals surface area contributed by atoms with Gasteiger partial charge in [0.1, 0.15) is 5.82 Å². The van der Waals surface area contributed by atoms with Crippen LogP contribution < -0.4 is 4.80 Å². The second-order valence-electron chi connectivity index (χ2n) is 5.87. The number of halogens is 1. The van der Waals surface area contributed by atoms with Crippen molar-refractivity contribution in [3.8, 4) is 11.3 Å². The van der Waals surface area contributed by atoms with Crippen molar-refractivity contribution >= 4 is 17.6 Å². The third-order valence-corrected chi connectivity index (χ3v) is 4.86. The Balaban J connectivity index is 1.78. The lowest BCUT2D eigenvalue weighted by atomic mass is 10.1. The molecule has 0 unspecified atom stereocenters. The van der Waals surface area contributed by atoms with Gasteiger partial charge in [-0.3, -0.25) is 4.99 Å². The van der Waals surface area contributed by atoms with E-state index in [1.165, 1.54) is 17.4 Å². The van der Waals surface area contributed by atoms with Crippen LogP contribution in [0.3, 0.4) is 0 Å². The van der Waals surface area contributed by atoms with Crippen molar-refractivity contribution in [1.82, 2.24) is 9.66 Å². The molecule has 0 aliphatic rings. The lowest BCUT2D eigenvalue weighted by Gasteiger charge is -2.04. The molecular formula is C21H17FN4S. The molecule has 6 heteroatoms. The van der Waals surface area contributed by atoms with Crippen molar-refractivity contribution in [1.29, 1.82) is 0 Å². The molecule has 0 aliphatic carbocycles. The highest BCUT2D eigenvalue weighted by molar-refractivity contribution is 7.07. The third kappa shape index (κ3) is 3.96. The van der Waals surface area contributed by atoms with Crippen molar-refractivity contribution < 1.29 is 4.39 Å². The van der Waals surface area contributed by atoms with E-state index in [9.17, 15) is 4.39 Å². The van der Waals surface area contributed by atoms with E-state index >= 15 is 0 Å². The summed E-state index contributed by atoms with van der Waals surface area (Å²) in [5.41, 5.74) is 3.15. The summed E-state index contributed by atoms with van der Waals surface area (Å²) in [6.07, 6.45) is 3.54. The fraction of sp³-hybridized carbons (Fsp3) is 0.0476. The zero-order chi connectivity index (χ0) is 18.5. The molecule has 0 bridgehead atoms. The van der Waals surface area contributed by atoms with Crippen LogP contribution in [0.5, 0.6) is 0 Å². The Bertz CT molecular complexity index is 1110. The van der Waals surface area contributed by atoms with Gasteiger partial charge in [-0.1, -0.05) is 42.5 Å². The lowest BCUT2D eigenvalue weighted by Crippen LogP contribution is -2.12. The standard InChI is InChI=1S/C21H17FN4S/c22-19-11-5-4-10-18(19)20-15-27-21(24-13-16-7-2-1-3-8-16)26(20)25-14-17-9-6-12-23-17/h1-12,14-15,23H,13H2. The number of nitrogens with zero attached hydrogens (tertiary/aromatic N) is 3. The molecule has 0 spiro atoms. The highest BCUT2D eigenvalue weighted by Gasteiger charge is 2.11. The number of thiazole rings is 1. The minimum atomic E-state index is -0.284. The van der Waals surface area contributed by atoms with Crippen molar-refractivity contribution in [3.05, 3.63) is 100 Å². The van der Waals surface area contributed by atoms with Crippen LogP contribution in [0, 0.1) is 5.82 Å². The Kier molecular flexibility index (Phi) is 5.07. The Morgan fingerprint density at radius 3 is 2.59 bits per heavy atom. The highest BCUT2D eigenvalue weighted by atomic mass is 32.1. The average molecular weight is 376 g/mol. The van der Waals surface area contributed by atoms with Crippen LogP contribution >= 0.6 is 11.3 Å². The van der Waals surface area contributed by atoms with Gasteiger partial charge in [0.05, 0.1) is 24.1 Å². The summed E-state index contributed by atoms with van der Waals surface area (Å²) in [6.45, 7) is 0.538. The van der Waals surface area contributed by atoms with Crippen LogP contribution in [0.25, 0.3) is 11.3 Å². The van der Waals surface area contributed by atoms with Gasteiger partial charge in [0.2, 0.25) is 4.80 Å². The van der Waals surface area contributed by atoms with Gasteiger partial charge in [-0.15, -0.1) is 11.3 Å². The van der Waals surface area contributed by atoms with Gasteiger partial charge in [0, 0.05) is 17.1 Å². The van der Waals surface area contributed by atoms with Gasteiger partial charge in [-0.25, -0.2) is 9.07 Å². The molecule has 0 aliphatic heterocycles. The van der Waals surface area contributed by atoms with E-state index in [1.54, 1.807) is 23.0 Å². The van der Waals surface area contributed by atoms with E-state index in [2.05, 4.69) is 15.1 Å². The molecule has 4 rings (SSSR count). The van der Waals surface area contributed by atoms with Gasteiger partial charge in [-0.2, -0.15) is 5.10 Å². The molecule has 0 atom stereocenters. The zero-order valence-corrected chi connectivity index (χ0v) is 15.2. The smallest absolute Gasteiger partial charge is 0.206 e. The maximum Gasteiger partial charge on any atom is 0.206 e. The van der Waals surface area contributed by atoms with Crippen LogP contribution in [-0.2, 0) is 6.54 Å². The largest absolute Gasteiger partial charge is 0.360 e. The van der Waals surface area contributed by atoms with Crippen LogP contribution in [-0.4, -0.2) is 15.9 Å². The highest BCUT2D eigenvalue weighted by Crippen LogP contribution is 2.23. The van der Waals surface area contributed by atoms with E-state index in [0.29, 0.717) is 22.6 Å². The molecule has 2 aromatic carbocycles. The Labute approximate surface area is 160 Å². The van der Waals surface area contributed by atoms with E-state index in [1.807, 2.05) is 60.1 Å². The zero-order valence-electron chi connectivity index (χ0n) is 14.4. The predicted molar refractivity (Wildman–Crippen MR) is 107 cm³/mol. The molecule has 0 amide bonds. The second kappa shape index (κ2) is 7.97. The van der Waals surface area contributed by atoms with Gasteiger partial charge < -0.3 is 4.98 Å². The maximum absolute atomic E-state index is 14.3. The van der Waals surface area contributed by atoms with E-state index < -0.39 is 0 Å². The molecule has 134 valence electrons. The minimum Gasteiger partial charge on any atom is -0.360 e. The summed E-state index contributed by atoms with van der Waals surface area (Å²) in [7, 11) is 0. The summed E-state index contributed by atoms with van der Waals surface area (Å²) in [6, 6.07) is 20.5. The summed E-state index contributed by atoms with van der Waals surface area (Å²) in [4.78, 5) is 8.48. The summed E-state index contributed by atoms with van der Waals surface area (Å²) < 4.78 is 16.0. The maximum atomic E-state index is 14.3. The average Bonchev–Trinajstić information content (AvgIpc) is 3.36. The Morgan fingerprint density at radius 2 is 1.81 bits per heavy atom. The first-order valence-corrected chi connectivity index (χ1v) is 9.37. The number of hydrogen-bond donors (Lipinski definition) is 1. The quantitative estimate of drug-likeness (QED) is 0.492. The predicted octanol–water partition coefficient (Wildman–Crippen LogP) is 4.67. The number of benzene rings is 2. The van der Waals surface area contributed by atoms with Gasteiger partial charge >= 0.3 is 0 Å². The lowest BCUT2D eigenvalue weighted by molar-refractivity contribution is 0.629. The van der Waals surface area contributed by atoms with Gasteiger partial charge in [-0.05, 0) is 29.8 Å². The topological polar surface area (TPSA) is 45.4 Å².